The number of fused-ring (bicyclic) bond motifs is 1. The van der Waals surface area contributed by atoms with Gasteiger partial charge in [-0.05, 0) is 24.4 Å². The molecule has 1 aromatic carbocycles. The van der Waals surface area contributed by atoms with Crippen molar-refractivity contribution >= 4 is 10.8 Å². The zero-order chi connectivity index (χ0) is 22.0. The second kappa shape index (κ2) is 9.29. The van der Waals surface area contributed by atoms with E-state index in [1.54, 1.807) is 19.1 Å². The van der Waals surface area contributed by atoms with Crippen LogP contribution in [0.15, 0.2) is 27.4 Å². The van der Waals surface area contributed by atoms with Crippen molar-refractivity contribution in [2.24, 2.45) is 0 Å². The number of methoxy groups -OCH3 is 2. The van der Waals surface area contributed by atoms with E-state index in [2.05, 4.69) is 0 Å². The summed E-state index contributed by atoms with van der Waals surface area (Å²) in [6.45, 7) is 1.24. The number of benzene rings is 1. The number of aliphatic hydroxyl groups excluding tert-OH is 3. The fraction of sp³-hybridized carbons (Fsp3) is 0.550. The smallest absolute Gasteiger partial charge is 0.347 e. The zero-order valence-corrected chi connectivity index (χ0v) is 16.8. The Morgan fingerprint density at radius 1 is 1.17 bits per heavy atom. The third-order valence-electron chi connectivity index (χ3n) is 5.05. The average Bonchev–Trinajstić information content (AvgIpc) is 2.70. The van der Waals surface area contributed by atoms with Crippen molar-refractivity contribution in [3.05, 3.63) is 34.4 Å². The van der Waals surface area contributed by atoms with Gasteiger partial charge in [-0.15, -0.1) is 0 Å². The van der Waals surface area contributed by atoms with Gasteiger partial charge in [-0.1, -0.05) is 0 Å². The van der Waals surface area contributed by atoms with Crippen molar-refractivity contribution in [2.75, 3.05) is 20.8 Å². The Labute approximate surface area is 172 Å². The van der Waals surface area contributed by atoms with E-state index in [9.17, 15) is 25.2 Å². The van der Waals surface area contributed by atoms with E-state index in [4.69, 9.17) is 23.4 Å². The predicted octanol–water partition coefficient (Wildman–Crippen LogP) is -0.0912. The van der Waals surface area contributed by atoms with Gasteiger partial charge in [0.15, 0.2) is 6.29 Å². The fourth-order valence-electron chi connectivity index (χ4n) is 3.57. The van der Waals surface area contributed by atoms with E-state index < -0.39 is 49.0 Å². The summed E-state index contributed by atoms with van der Waals surface area (Å²) in [6.07, 6.45) is -6.15. The third-order valence-corrected chi connectivity index (χ3v) is 5.05. The molecule has 1 aliphatic rings. The van der Waals surface area contributed by atoms with Crippen LogP contribution in [0.25, 0.3) is 10.8 Å². The minimum absolute atomic E-state index is 0.0404. The molecular formula is C20H26O10. The molecule has 0 spiro atoms. The second-order valence-electron chi connectivity index (χ2n) is 7.17. The number of aromatic hydroxyl groups is 1. The fourth-order valence-corrected chi connectivity index (χ4v) is 3.57. The SMILES string of the molecule is COc1cc(O)c2c(=O)oc(C[C@H](C)O[C@@H]3O[C@H](CO)[C@@H](OC)[C@H](O)[C@@H]3O)cc2c1. The Bertz CT molecular complexity index is 924. The molecule has 1 aliphatic heterocycles. The van der Waals surface area contributed by atoms with Gasteiger partial charge in [0.2, 0.25) is 0 Å². The third kappa shape index (κ3) is 4.43. The Kier molecular flexibility index (Phi) is 6.96. The molecule has 4 N–H and O–H groups in total. The van der Waals surface area contributed by atoms with E-state index in [0.717, 1.165) is 0 Å². The molecule has 166 valence electrons. The summed E-state index contributed by atoms with van der Waals surface area (Å²) in [4.78, 5) is 12.3. The number of aliphatic hydroxyl groups is 3. The Morgan fingerprint density at radius 2 is 1.90 bits per heavy atom. The second-order valence-corrected chi connectivity index (χ2v) is 7.17. The topological polar surface area (TPSA) is 148 Å². The highest BCUT2D eigenvalue weighted by atomic mass is 16.7. The zero-order valence-electron chi connectivity index (χ0n) is 16.8. The quantitative estimate of drug-likeness (QED) is 0.473. The highest BCUT2D eigenvalue weighted by Gasteiger charge is 2.45. The largest absolute Gasteiger partial charge is 0.507 e. The molecular weight excluding hydrogens is 400 g/mol. The normalized spacial score (nSPS) is 27.9. The summed E-state index contributed by atoms with van der Waals surface area (Å²) in [5.74, 6) is 0.424. The summed E-state index contributed by atoms with van der Waals surface area (Å²) in [7, 11) is 2.78. The molecule has 0 saturated carbocycles. The van der Waals surface area contributed by atoms with Crippen LogP contribution >= 0.6 is 0 Å². The molecule has 0 aliphatic carbocycles. The van der Waals surface area contributed by atoms with Crippen molar-refractivity contribution in [1.82, 2.24) is 0 Å². The molecule has 2 aromatic rings. The first-order valence-corrected chi connectivity index (χ1v) is 9.43. The standard InChI is InChI=1S/C20H26O10/c1-9(28-20-17(24)16(23)18(27-3)14(8-21)30-20)4-12-6-10-5-11(26-2)7-13(22)15(10)19(25)29-12/h5-7,9,14,16-18,20-24H,4,8H2,1-3H3/t9-,14+,16+,17-,18+,20+/m0/s1. The first-order chi connectivity index (χ1) is 14.3. The van der Waals surface area contributed by atoms with Crippen LogP contribution in [0.5, 0.6) is 11.5 Å². The number of ether oxygens (including phenoxy) is 4. The maximum atomic E-state index is 12.3. The summed E-state index contributed by atoms with van der Waals surface area (Å²) in [5, 5.41) is 40.4. The maximum absolute atomic E-state index is 12.3. The van der Waals surface area contributed by atoms with Gasteiger partial charge < -0.3 is 43.8 Å². The van der Waals surface area contributed by atoms with Crippen LogP contribution in [0.3, 0.4) is 0 Å². The first kappa shape index (κ1) is 22.5. The Hall–Kier alpha value is -2.21. The van der Waals surface area contributed by atoms with Crippen LogP contribution in [-0.4, -0.2) is 78.1 Å². The minimum Gasteiger partial charge on any atom is -0.507 e. The van der Waals surface area contributed by atoms with E-state index in [-0.39, 0.29) is 23.3 Å². The molecule has 2 heterocycles. The minimum atomic E-state index is -1.40. The van der Waals surface area contributed by atoms with Crippen molar-refractivity contribution < 1.29 is 43.8 Å². The molecule has 0 unspecified atom stereocenters. The van der Waals surface area contributed by atoms with Crippen molar-refractivity contribution in [3.8, 4) is 11.5 Å². The van der Waals surface area contributed by atoms with E-state index in [1.807, 2.05) is 0 Å². The molecule has 0 amide bonds. The van der Waals surface area contributed by atoms with Crippen molar-refractivity contribution in [1.29, 1.82) is 0 Å². The maximum Gasteiger partial charge on any atom is 0.347 e. The molecule has 0 radical (unpaired) electrons. The summed E-state index contributed by atoms with van der Waals surface area (Å²) in [5.41, 5.74) is -0.706. The molecule has 30 heavy (non-hydrogen) atoms. The van der Waals surface area contributed by atoms with Crippen LogP contribution in [0.2, 0.25) is 0 Å². The van der Waals surface area contributed by atoms with Crippen LogP contribution in [0, 0.1) is 0 Å². The molecule has 0 bridgehead atoms. The summed E-state index contributed by atoms with van der Waals surface area (Å²) < 4.78 is 26.7. The van der Waals surface area contributed by atoms with Crippen LogP contribution in [-0.2, 0) is 20.6 Å². The van der Waals surface area contributed by atoms with Gasteiger partial charge in [-0.3, -0.25) is 0 Å². The number of hydrogen-bond acceptors (Lipinski definition) is 10. The van der Waals surface area contributed by atoms with Gasteiger partial charge in [0.1, 0.15) is 47.1 Å². The predicted molar refractivity (Wildman–Crippen MR) is 104 cm³/mol. The first-order valence-electron chi connectivity index (χ1n) is 9.43. The van der Waals surface area contributed by atoms with Crippen LogP contribution in [0.1, 0.15) is 12.7 Å². The number of phenolic OH excluding ortho intramolecular Hbond substituents is 1. The number of phenols is 1. The molecule has 6 atom stereocenters. The molecule has 3 rings (SSSR count). The van der Waals surface area contributed by atoms with Gasteiger partial charge >= 0.3 is 5.63 Å². The van der Waals surface area contributed by atoms with Gasteiger partial charge in [0.05, 0.1) is 19.8 Å². The highest BCUT2D eigenvalue weighted by Crippen LogP contribution is 2.29. The van der Waals surface area contributed by atoms with Gasteiger partial charge in [-0.25, -0.2) is 4.79 Å². The van der Waals surface area contributed by atoms with Crippen molar-refractivity contribution in [3.63, 3.8) is 0 Å². The molecule has 1 aromatic heterocycles. The average molecular weight is 426 g/mol. The monoisotopic (exact) mass is 426 g/mol. The van der Waals surface area contributed by atoms with Gasteiger partial charge in [0, 0.05) is 19.6 Å². The summed E-state index contributed by atoms with van der Waals surface area (Å²) in [6, 6.07) is 4.51. The highest BCUT2D eigenvalue weighted by molar-refractivity contribution is 5.88. The Morgan fingerprint density at radius 3 is 2.53 bits per heavy atom. The van der Waals surface area contributed by atoms with Crippen LogP contribution in [0.4, 0.5) is 0 Å². The van der Waals surface area contributed by atoms with E-state index in [1.165, 1.54) is 20.3 Å². The van der Waals surface area contributed by atoms with Crippen molar-refractivity contribution in [2.45, 2.75) is 50.2 Å². The molecule has 10 nitrogen and oxygen atoms in total. The molecule has 1 saturated heterocycles. The number of hydrogen-bond donors (Lipinski definition) is 4. The number of rotatable bonds is 7. The van der Waals surface area contributed by atoms with E-state index in [0.29, 0.717) is 11.1 Å². The van der Waals surface area contributed by atoms with Gasteiger partial charge in [-0.2, -0.15) is 0 Å². The lowest BCUT2D eigenvalue weighted by atomic mass is 9.99. The lowest BCUT2D eigenvalue weighted by Gasteiger charge is -2.41. The lowest BCUT2D eigenvalue weighted by Crippen LogP contribution is -2.60. The van der Waals surface area contributed by atoms with Gasteiger partial charge in [0.25, 0.3) is 0 Å². The summed E-state index contributed by atoms with van der Waals surface area (Å²) >= 11 is 0. The lowest BCUT2D eigenvalue weighted by molar-refractivity contribution is -0.313. The Balaban J connectivity index is 1.76. The van der Waals surface area contributed by atoms with Crippen LogP contribution < -0.4 is 10.4 Å². The molecule has 1 fully saturated rings. The van der Waals surface area contributed by atoms with E-state index >= 15 is 0 Å². The molecule has 10 heteroatoms.